The van der Waals surface area contributed by atoms with E-state index in [0.29, 0.717) is 6.42 Å². The van der Waals surface area contributed by atoms with Gasteiger partial charge in [-0.2, -0.15) is 11.8 Å². The molecule has 0 aliphatic rings. The van der Waals surface area contributed by atoms with Gasteiger partial charge in [0.05, 0.1) is 7.11 Å². The summed E-state index contributed by atoms with van der Waals surface area (Å²) >= 11 is 1.80. The van der Waals surface area contributed by atoms with Gasteiger partial charge in [-0.1, -0.05) is 20.8 Å². The van der Waals surface area contributed by atoms with E-state index in [9.17, 15) is 4.79 Å². The number of rotatable bonds is 4. The van der Waals surface area contributed by atoms with Crippen LogP contribution in [0.25, 0.3) is 0 Å². The van der Waals surface area contributed by atoms with E-state index in [0.717, 1.165) is 5.75 Å². The van der Waals surface area contributed by atoms with Crippen molar-refractivity contribution in [3.05, 3.63) is 0 Å². The van der Waals surface area contributed by atoms with Crippen molar-refractivity contribution in [2.45, 2.75) is 44.4 Å². The predicted molar refractivity (Wildman–Crippen MR) is 61.4 cm³/mol. The van der Waals surface area contributed by atoms with Crippen LogP contribution in [0.2, 0.25) is 0 Å². The summed E-state index contributed by atoms with van der Waals surface area (Å²) in [6.45, 7) is 8.14. The fourth-order valence-electron chi connectivity index (χ4n) is 0.904. The Labute approximate surface area is 90.8 Å². The molecule has 0 amide bonds. The zero-order chi connectivity index (χ0) is 11.4. The average Bonchev–Trinajstić information content (AvgIpc) is 2.00. The third-order valence-corrected chi connectivity index (χ3v) is 3.08. The number of carbonyl (C=O) groups is 1. The molecule has 2 N–H and O–H groups in total. The van der Waals surface area contributed by atoms with E-state index in [-0.39, 0.29) is 10.7 Å². The summed E-state index contributed by atoms with van der Waals surface area (Å²) in [5.74, 6) is 0.526. The van der Waals surface area contributed by atoms with Crippen molar-refractivity contribution < 1.29 is 9.53 Å². The molecule has 0 aliphatic heterocycles. The van der Waals surface area contributed by atoms with Gasteiger partial charge in [-0.3, -0.25) is 4.79 Å². The van der Waals surface area contributed by atoms with E-state index in [1.54, 1.807) is 18.7 Å². The maximum atomic E-state index is 11.2. The van der Waals surface area contributed by atoms with Crippen molar-refractivity contribution in [3.8, 4) is 0 Å². The van der Waals surface area contributed by atoms with Crippen LogP contribution in [0, 0.1) is 0 Å². The number of ether oxygens (including phenoxy) is 1. The molecule has 0 saturated heterocycles. The fourth-order valence-corrected chi connectivity index (χ4v) is 2.04. The van der Waals surface area contributed by atoms with E-state index in [4.69, 9.17) is 5.73 Å². The molecule has 84 valence electrons. The second kappa shape index (κ2) is 5.03. The molecule has 0 radical (unpaired) electrons. The molecule has 4 heteroatoms. The molecule has 0 aromatic rings. The number of carbonyl (C=O) groups excluding carboxylic acids is 1. The highest BCUT2D eigenvalue weighted by atomic mass is 32.2. The van der Waals surface area contributed by atoms with Crippen LogP contribution in [0.15, 0.2) is 0 Å². The van der Waals surface area contributed by atoms with E-state index >= 15 is 0 Å². The van der Waals surface area contributed by atoms with Crippen molar-refractivity contribution in [1.29, 1.82) is 0 Å². The molecule has 0 bridgehead atoms. The first-order valence-corrected chi connectivity index (χ1v) is 5.69. The first-order valence-electron chi connectivity index (χ1n) is 4.70. The molecule has 14 heavy (non-hydrogen) atoms. The van der Waals surface area contributed by atoms with E-state index < -0.39 is 5.54 Å². The lowest BCUT2D eigenvalue weighted by Gasteiger charge is -2.24. The fraction of sp³-hybridized carbons (Fsp3) is 0.900. The van der Waals surface area contributed by atoms with E-state index in [2.05, 4.69) is 25.5 Å². The Morgan fingerprint density at radius 2 is 1.86 bits per heavy atom. The van der Waals surface area contributed by atoms with Gasteiger partial charge in [-0.25, -0.2) is 0 Å². The van der Waals surface area contributed by atoms with Crippen LogP contribution in [0.3, 0.4) is 0 Å². The van der Waals surface area contributed by atoms with Crippen molar-refractivity contribution >= 4 is 17.7 Å². The van der Waals surface area contributed by atoms with Gasteiger partial charge in [0.2, 0.25) is 0 Å². The minimum absolute atomic E-state index is 0.214. The van der Waals surface area contributed by atoms with Crippen LogP contribution >= 0.6 is 11.8 Å². The minimum atomic E-state index is -0.854. The molecule has 0 spiro atoms. The Balaban J connectivity index is 3.94. The second-order valence-corrected chi connectivity index (χ2v) is 6.54. The third kappa shape index (κ3) is 5.50. The highest BCUT2D eigenvalue weighted by molar-refractivity contribution is 8.00. The van der Waals surface area contributed by atoms with Crippen LogP contribution in [-0.4, -0.2) is 29.1 Å². The van der Waals surface area contributed by atoms with Gasteiger partial charge >= 0.3 is 5.97 Å². The lowest BCUT2D eigenvalue weighted by Crippen LogP contribution is -2.46. The van der Waals surface area contributed by atoms with Gasteiger partial charge < -0.3 is 10.5 Å². The average molecular weight is 219 g/mol. The van der Waals surface area contributed by atoms with Crippen molar-refractivity contribution in [3.63, 3.8) is 0 Å². The third-order valence-electron chi connectivity index (χ3n) is 1.81. The summed E-state index contributed by atoms with van der Waals surface area (Å²) in [4.78, 5) is 11.2. The topological polar surface area (TPSA) is 52.3 Å². The molecule has 0 aromatic heterocycles. The Kier molecular flexibility index (Phi) is 4.95. The number of hydrogen-bond donors (Lipinski definition) is 1. The molecular formula is C10H21NO2S. The molecule has 0 saturated carbocycles. The SMILES string of the molecule is COC(=O)C(C)(N)CCSC(C)(C)C. The van der Waals surface area contributed by atoms with E-state index in [1.165, 1.54) is 7.11 Å². The lowest BCUT2D eigenvalue weighted by atomic mass is 10.0. The monoisotopic (exact) mass is 219 g/mol. The highest BCUT2D eigenvalue weighted by Crippen LogP contribution is 2.25. The standard InChI is InChI=1S/C10H21NO2S/c1-9(2,3)14-7-6-10(4,11)8(12)13-5/h6-7,11H2,1-5H3. The molecule has 0 heterocycles. The zero-order valence-electron chi connectivity index (χ0n) is 9.72. The number of nitrogens with two attached hydrogens (primary N) is 1. The number of methoxy groups -OCH3 is 1. The molecule has 0 aliphatic carbocycles. The maximum absolute atomic E-state index is 11.2. The maximum Gasteiger partial charge on any atom is 0.325 e. The van der Waals surface area contributed by atoms with Crippen LogP contribution in [0.5, 0.6) is 0 Å². The van der Waals surface area contributed by atoms with Gasteiger partial charge in [-0.15, -0.1) is 0 Å². The van der Waals surface area contributed by atoms with Gasteiger partial charge in [0.15, 0.2) is 0 Å². The van der Waals surface area contributed by atoms with Crippen LogP contribution in [0.1, 0.15) is 34.1 Å². The minimum Gasteiger partial charge on any atom is -0.468 e. The predicted octanol–water partition coefficient (Wildman–Crippen LogP) is 1.80. The largest absolute Gasteiger partial charge is 0.468 e. The summed E-state index contributed by atoms with van der Waals surface area (Å²) in [5.41, 5.74) is 4.96. The molecule has 0 aromatic carbocycles. The smallest absolute Gasteiger partial charge is 0.325 e. The molecule has 0 rings (SSSR count). The van der Waals surface area contributed by atoms with Crippen LogP contribution in [0.4, 0.5) is 0 Å². The Hall–Kier alpha value is -0.220. The molecule has 1 atom stereocenters. The van der Waals surface area contributed by atoms with Crippen molar-refractivity contribution in [1.82, 2.24) is 0 Å². The van der Waals surface area contributed by atoms with Crippen LogP contribution in [-0.2, 0) is 9.53 Å². The summed E-state index contributed by atoms with van der Waals surface area (Å²) < 4.78 is 4.84. The summed E-state index contributed by atoms with van der Waals surface area (Å²) in [7, 11) is 1.37. The number of hydrogen-bond acceptors (Lipinski definition) is 4. The van der Waals surface area contributed by atoms with Gasteiger partial charge in [-0.05, 0) is 19.1 Å². The quantitative estimate of drug-likeness (QED) is 0.733. The van der Waals surface area contributed by atoms with Gasteiger partial charge in [0, 0.05) is 4.75 Å². The van der Waals surface area contributed by atoms with Crippen LogP contribution < -0.4 is 5.73 Å². The van der Waals surface area contributed by atoms with E-state index in [1.807, 2.05) is 0 Å². The normalized spacial score (nSPS) is 16.1. The summed E-state index contributed by atoms with van der Waals surface area (Å²) in [6, 6.07) is 0. The van der Waals surface area contributed by atoms with Gasteiger partial charge in [0.25, 0.3) is 0 Å². The zero-order valence-corrected chi connectivity index (χ0v) is 10.5. The molecule has 3 nitrogen and oxygen atoms in total. The summed E-state index contributed by atoms with van der Waals surface area (Å²) in [6.07, 6.45) is 0.640. The number of thioether (sulfide) groups is 1. The molecule has 0 fully saturated rings. The highest BCUT2D eigenvalue weighted by Gasteiger charge is 2.29. The first kappa shape index (κ1) is 13.8. The Bertz CT molecular complexity index is 197. The first-order chi connectivity index (χ1) is 6.19. The second-order valence-electron chi connectivity index (χ2n) is 4.62. The molecular weight excluding hydrogens is 198 g/mol. The van der Waals surface area contributed by atoms with Crippen molar-refractivity contribution in [2.24, 2.45) is 5.73 Å². The number of esters is 1. The summed E-state index contributed by atoms with van der Waals surface area (Å²) in [5, 5.41) is 0. The Morgan fingerprint density at radius 1 is 1.36 bits per heavy atom. The Morgan fingerprint density at radius 3 is 2.21 bits per heavy atom. The lowest BCUT2D eigenvalue weighted by molar-refractivity contribution is -0.146. The van der Waals surface area contributed by atoms with Crippen molar-refractivity contribution in [2.75, 3.05) is 12.9 Å². The van der Waals surface area contributed by atoms with Gasteiger partial charge in [0.1, 0.15) is 5.54 Å². The molecule has 1 unspecified atom stereocenters.